The molecule has 0 bridgehead atoms. The molecule has 0 N–H and O–H groups in total. The quantitative estimate of drug-likeness (QED) is 0.570. The van der Waals surface area contributed by atoms with Crippen LogP contribution in [-0.4, -0.2) is 67.5 Å². The first kappa shape index (κ1) is 19.2. The predicted molar refractivity (Wildman–Crippen MR) is 97.9 cm³/mol. The average Bonchev–Trinajstić information content (AvgIpc) is 2.61. The molecular formula is C17H23ClN4O3. The zero-order valence-electron chi connectivity index (χ0n) is 14.7. The van der Waals surface area contributed by atoms with Gasteiger partial charge in [0.2, 0.25) is 0 Å². The van der Waals surface area contributed by atoms with Crippen LogP contribution in [0.2, 0.25) is 5.02 Å². The SMILES string of the molecule is CO/N=C(C(=O)N1CCN(C)CC1)\C(C)=N\OCc1ccccc1Cl. The van der Waals surface area contributed by atoms with Crippen molar-refractivity contribution in [1.82, 2.24) is 9.80 Å². The molecule has 0 spiro atoms. The van der Waals surface area contributed by atoms with Crippen molar-refractivity contribution >= 4 is 28.9 Å². The number of piperazine rings is 1. The van der Waals surface area contributed by atoms with Gasteiger partial charge >= 0.3 is 0 Å². The molecule has 136 valence electrons. The molecule has 0 saturated carbocycles. The Morgan fingerprint density at radius 2 is 1.88 bits per heavy atom. The van der Waals surface area contributed by atoms with Crippen molar-refractivity contribution in [3.8, 4) is 0 Å². The molecule has 1 saturated heterocycles. The molecule has 1 amide bonds. The molecule has 0 aliphatic carbocycles. The fourth-order valence-electron chi connectivity index (χ4n) is 2.37. The molecule has 0 unspecified atom stereocenters. The number of benzene rings is 1. The number of oxime groups is 2. The summed E-state index contributed by atoms with van der Waals surface area (Å²) in [5.74, 6) is -0.211. The number of hydrogen-bond acceptors (Lipinski definition) is 6. The van der Waals surface area contributed by atoms with Gasteiger partial charge in [0.25, 0.3) is 5.91 Å². The van der Waals surface area contributed by atoms with Crippen molar-refractivity contribution in [3.05, 3.63) is 34.9 Å². The fourth-order valence-corrected chi connectivity index (χ4v) is 2.56. The third kappa shape index (κ3) is 5.44. The first-order valence-electron chi connectivity index (χ1n) is 8.02. The lowest BCUT2D eigenvalue weighted by atomic mass is 10.2. The Balaban J connectivity index is 2.02. The number of amides is 1. The Morgan fingerprint density at radius 3 is 2.52 bits per heavy atom. The normalized spacial score (nSPS) is 16.7. The Kier molecular flexibility index (Phi) is 7.21. The summed E-state index contributed by atoms with van der Waals surface area (Å²) in [5, 5.41) is 8.44. The minimum Gasteiger partial charge on any atom is -0.398 e. The van der Waals surface area contributed by atoms with Gasteiger partial charge in [0.15, 0.2) is 5.71 Å². The monoisotopic (exact) mass is 366 g/mol. The molecule has 25 heavy (non-hydrogen) atoms. The van der Waals surface area contributed by atoms with Gasteiger partial charge in [-0.05, 0) is 20.0 Å². The first-order chi connectivity index (χ1) is 12.0. The zero-order valence-corrected chi connectivity index (χ0v) is 15.5. The summed E-state index contributed by atoms with van der Waals surface area (Å²) >= 11 is 6.08. The second-order valence-electron chi connectivity index (χ2n) is 5.76. The second-order valence-corrected chi connectivity index (χ2v) is 6.17. The molecule has 1 heterocycles. The Bertz CT molecular complexity index is 655. The fraction of sp³-hybridized carbons (Fsp3) is 0.471. The van der Waals surface area contributed by atoms with Crippen LogP contribution in [0, 0.1) is 0 Å². The molecule has 0 radical (unpaired) electrons. The van der Waals surface area contributed by atoms with Gasteiger partial charge in [-0.3, -0.25) is 4.79 Å². The van der Waals surface area contributed by atoms with Gasteiger partial charge < -0.3 is 19.5 Å². The van der Waals surface area contributed by atoms with E-state index in [0.29, 0.717) is 23.8 Å². The van der Waals surface area contributed by atoms with Crippen LogP contribution in [-0.2, 0) is 21.1 Å². The largest absolute Gasteiger partial charge is 0.398 e. The summed E-state index contributed by atoms with van der Waals surface area (Å²) in [5.41, 5.74) is 1.32. The Morgan fingerprint density at radius 1 is 1.20 bits per heavy atom. The van der Waals surface area contributed by atoms with Gasteiger partial charge in [-0.2, -0.15) is 0 Å². The van der Waals surface area contributed by atoms with Crippen LogP contribution in [0.5, 0.6) is 0 Å². The van der Waals surface area contributed by atoms with Crippen molar-refractivity contribution in [1.29, 1.82) is 0 Å². The maximum absolute atomic E-state index is 12.7. The molecule has 0 aromatic heterocycles. The van der Waals surface area contributed by atoms with Crippen molar-refractivity contribution in [2.24, 2.45) is 10.3 Å². The van der Waals surface area contributed by atoms with Gasteiger partial charge in [-0.15, -0.1) is 0 Å². The van der Waals surface area contributed by atoms with Crippen molar-refractivity contribution in [2.45, 2.75) is 13.5 Å². The van der Waals surface area contributed by atoms with Gasteiger partial charge in [-0.25, -0.2) is 0 Å². The van der Waals surface area contributed by atoms with E-state index in [9.17, 15) is 4.79 Å². The molecule has 2 rings (SSSR count). The van der Waals surface area contributed by atoms with Crippen LogP contribution >= 0.6 is 11.6 Å². The number of nitrogens with zero attached hydrogens (tertiary/aromatic N) is 4. The third-order valence-corrected chi connectivity index (χ3v) is 4.27. The van der Waals surface area contributed by atoms with Crippen molar-refractivity contribution in [2.75, 3.05) is 40.3 Å². The highest BCUT2D eigenvalue weighted by molar-refractivity contribution is 6.66. The van der Waals surface area contributed by atoms with Crippen LogP contribution in [0.25, 0.3) is 0 Å². The molecule has 1 aliphatic heterocycles. The predicted octanol–water partition coefficient (Wildman–Crippen LogP) is 2.01. The van der Waals surface area contributed by atoms with E-state index >= 15 is 0 Å². The van der Waals surface area contributed by atoms with E-state index in [1.165, 1.54) is 7.11 Å². The number of hydrogen-bond donors (Lipinski definition) is 0. The lowest BCUT2D eigenvalue weighted by molar-refractivity contribution is -0.125. The van der Waals surface area contributed by atoms with E-state index < -0.39 is 0 Å². The van der Waals surface area contributed by atoms with Gasteiger partial charge in [0.05, 0.1) is 0 Å². The molecule has 1 fully saturated rings. The number of likely N-dealkylation sites (N-methyl/N-ethyl adjacent to an activating group) is 1. The molecular weight excluding hydrogens is 344 g/mol. The molecule has 1 aliphatic rings. The highest BCUT2D eigenvalue weighted by atomic mass is 35.5. The molecule has 8 heteroatoms. The Labute approximate surface area is 152 Å². The Hall–Kier alpha value is -2.12. The maximum atomic E-state index is 12.7. The highest BCUT2D eigenvalue weighted by Gasteiger charge is 2.26. The summed E-state index contributed by atoms with van der Waals surface area (Å²) in [6.07, 6.45) is 0. The standard InChI is InChI=1S/C17H23ClN4O3/c1-13(19-25-12-14-6-4-5-7-15(14)18)16(20-24-3)17(23)22-10-8-21(2)9-11-22/h4-7H,8-12H2,1-3H3/b19-13+,20-16+. The molecule has 1 aromatic rings. The number of carbonyl (C=O) groups is 1. The van der Waals surface area contributed by atoms with Gasteiger partial charge in [-0.1, -0.05) is 40.1 Å². The second kappa shape index (κ2) is 9.39. The summed E-state index contributed by atoms with van der Waals surface area (Å²) in [6, 6.07) is 7.35. The van der Waals surface area contributed by atoms with E-state index in [1.54, 1.807) is 17.9 Å². The maximum Gasteiger partial charge on any atom is 0.278 e. The van der Waals surface area contributed by atoms with Crippen LogP contribution in [0.1, 0.15) is 12.5 Å². The van der Waals surface area contributed by atoms with Gasteiger partial charge in [0, 0.05) is 36.8 Å². The lowest BCUT2D eigenvalue weighted by Crippen LogP contribution is -2.50. The lowest BCUT2D eigenvalue weighted by Gasteiger charge is -2.32. The summed E-state index contributed by atoms with van der Waals surface area (Å²) in [4.78, 5) is 26.7. The summed E-state index contributed by atoms with van der Waals surface area (Å²) < 4.78 is 0. The molecule has 7 nitrogen and oxygen atoms in total. The van der Waals surface area contributed by atoms with E-state index in [2.05, 4.69) is 15.2 Å². The number of halogens is 1. The zero-order chi connectivity index (χ0) is 18.2. The van der Waals surface area contributed by atoms with Crippen molar-refractivity contribution in [3.63, 3.8) is 0 Å². The van der Waals surface area contributed by atoms with Crippen LogP contribution in [0.3, 0.4) is 0 Å². The third-order valence-electron chi connectivity index (χ3n) is 3.90. The topological polar surface area (TPSA) is 66.7 Å². The first-order valence-corrected chi connectivity index (χ1v) is 8.40. The van der Waals surface area contributed by atoms with E-state index in [4.69, 9.17) is 21.3 Å². The van der Waals surface area contributed by atoms with E-state index in [-0.39, 0.29) is 18.2 Å². The average molecular weight is 367 g/mol. The summed E-state index contributed by atoms with van der Waals surface area (Å²) in [6.45, 7) is 4.81. The van der Waals surface area contributed by atoms with Crippen LogP contribution in [0.15, 0.2) is 34.6 Å². The molecule has 1 aromatic carbocycles. The minimum atomic E-state index is -0.211. The molecule has 0 atom stereocenters. The van der Waals surface area contributed by atoms with E-state index in [0.717, 1.165) is 18.7 Å². The van der Waals surface area contributed by atoms with Crippen LogP contribution < -0.4 is 0 Å². The van der Waals surface area contributed by atoms with E-state index in [1.807, 2.05) is 25.2 Å². The van der Waals surface area contributed by atoms with Crippen molar-refractivity contribution < 1.29 is 14.5 Å². The number of rotatable bonds is 6. The van der Waals surface area contributed by atoms with Gasteiger partial charge in [0.1, 0.15) is 19.4 Å². The van der Waals surface area contributed by atoms with Crippen LogP contribution in [0.4, 0.5) is 0 Å². The summed E-state index contributed by atoms with van der Waals surface area (Å²) in [7, 11) is 3.43. The number of carbonyl (C=O) groups excluding carboxylic acids is 1. The smallest absolute Gasteiger partial charge is 0.278 e. The highest BCUT2D eigenvalue weighted by Crippen LogP contribution is 2.15. The minimum absolute atomic E-state index is 0.145.